The minimum absolute atomic E-state index is 0.155. The molecule has 4 aromatic rings. The van der Waals surface area contributed by atoms with Crippen LogP contribution in [-0.2, 0) is 4.79 Å². The fourth-order valence-corrected chi connectivity index (χ4v) is 3.29. The Morgan fingerprint density at radius 3 is 2.27 bits per heavy atom. The number of amides is 1. The highest BCUT2D eigenvalue weighted by atomic mass is 16.5. The van der Waals surface area contributed by atoms with Crippen LogP contribution >= 0.6 is 0 Å². The van der Waals surface area contributed by atoms with Gasteiger partial charge in [0.15, 0.2) is 18.1 Å². The molecule has 0 atom stereocenters. The summed E-state index contributed by atoms with van der Waals surface area (Å²) in [5.41, 5.74) is 2.09. The number of para-hydroxylation sites is 1. The first kappa shape index (κ1) is 19.4. The number of fused-ring (bicyclic) bond motifs is 3. The largest absolute Gasteiger partial charge is 0.493 e. The van der Waals surface area contributed by atoms with Gasteiger partial charge in [0.1, 0.15) is 16.9 Å². The summed E-state index contributed by atoms with van der Waals surface area (Å²) in [5, 5.41) is 4.71. The summed E-state index contributed by atoms with van der Waals surface area (Å²) in [4.78, 5) is 12.4. The standard InChI is InChI=1S/C23H21NO6/c1-26-20-10-14(11-21(27-2)23(20)28-3)24-22(25)13-29-15-8-9-19-17(12-15)16-6-4-5-7-18(16)30-19/h4-12H,13H2,1-3H3,(H,24,25). The van der Waals surface area contributed by atoms with Gasteiger partial charge in [0, 0.05) is 28.6 Å². The van der Waals surface area contributed by atoms with Crippen LogP contribution in [0, 0.1) is 0 Å². The van der Waals surface area contributed by atoms with Crippen molar-refractivity contribution in [3.05, 3.63) is 54.6 Å². The molecular formula is C23H21NO6. The lowest BCUT2D eigenvalue weighted by atomic mass is 10.1. The van der Waals surface area contributed by atoms with Gasteiger partial charge >= 0.3 is 0 Å². The Kier molecular flexibility index (Phi) is 5.34. The number of rotatable bonds is 7. The number of ether oxygens (including phenoxy) is 4. The molecule has 154 valence electrons. The van der Waals surface area contributed by atoms with Crippen LogP contribution < -0.4 is 24.3 Å². The fraction of sp³-hybridized carbons (Fsp3) is 0.174. The molecule has 0 radical (unpaired) electrons. The number of nitrogens with one attached hydrogen (secondary N) is 1. The molecule has 0 aliphatic carbocycles. The van der Waals surface area contributed by atoms with Crippen LogP contribution in [0.5, 0.6) is 23.0 Å². The molecule has 0 spiro atoms. The first-order chi connectivity index (χ1) is 14.6. The van der Waals surface area contributed by atoms with Crippen LogP contribution in [0.2, 0.25) is 0 Å². The fourth-order valence-electron chi connectivity index (χ4n) is 3.29. The molecule has 1 amide bonds. The maximum atomic E-state index is 12.4. The molecular weight excluding hydrogens is 386 g/mol. The van der Waals surface area contributed by atoms with E-state index in [1.165, 1.54) is 21.3 Å². The van der Waals surface area contributed by atoms with Gasteiger partial charge in [-0.25, -0.2) is 0 Å². The summed E-state index contributed by atoms with van der Waals surface area (Å²) in [5.74, 6) is 1.61. The van der Waals surface area contributed by atoms with E-state index in [2.05, 4.69) is 5.32 Å². The Hall–Kier alpha value is -3.87. The van der Waals surface area contributed by atoms with Crippen LogP contribution in [0.1, 0.15) is 0 Å². The molecule has 30 heavy (non-hydrogen) atoms. The molecule has 0 aliphatic heterocycles. The highest BCUT2D eigenvalue weighted by molar-refractivity contribution is 6.05. The average Bonchev–Trinajstić information content (AvgIpc) is 3.15. The lowest BCUT2D eigenvalue weighted by Gasteiger charge is -2.14. The van der Waals surface area contributed by atoms with Gasteiger partial charge < -0.3 is 28.7 Å². The molecule has 0 fully saturated rings. The predicted octanol–water partition coefficient (Wildman–Crippen LogP) is 4.63. The Labute approximate surface area is 173 Å². The van der Waals surface area contributed by atoms with Crippen LogP contribution in [0.15, 0.2) is 59.0 Å². The number of methoxy groups -OCH3 is 3. The number of hydrogen-bond donors (Lipinski definition) is 1. The van der Waals surface area contributed by atoms with Crippen molar-refractivity contribution in [3.63, 3.8) is 0 Å². The monoisotopic (exact) mass is 407 g/mol. The third-order valence-corrected chi connectivity index (χ3v) is 4.67. The SMILES string of the molecule is COc1cc(NC(=O)COc2ccc3oc4ccccc4c3c2)cc(OC)c1OC. The quantitative estimate of drug-likeness (QED) is 0.481. The second-order valence-electron chi connectivity index (χ2n) is 6.51. The summed E-state index contributed by atoms with van der Waals surface area (Å²) in [7, 11) is 4.55. The molecule has 3 aromatic carbocycles. The highest BCUT2D eigenvalue weighted by Crippen LogP contribution is 2.40. The first-order valence-electron chi connectivity index (χ1n) is 9.27. The van der Waals surface area contributed by atoms with Crippen molar-refractivity contribution >= 4 is 33.5 Å². The number of hydrogen-bond acceptors (Lipinski definition) is 6. The van der Waals surface area contributed by atoms with Crippen molar-refractivity contribution in [3.8, 4) is 23.0 Å². The molecule has 0 saturated carbocycles. The summed E-state index contributed by atoms with van der Waals surface area (Å²) in [6, 6.07) is 16.6. The number of carbonyl (C=O) groups excluding carboxylic acids is 1. The van der Waals surface area contributed by atoms with Crippen molar-refractivity contribution in [2.24, 2.45) is 0 Å². The van der Waals surface area contributed by atoms with Crippen molar-refractivity contribution in [1.82, 2.24) is 0 Å². The number of furan rings is 1. The molecule has 0 bridgehead atoms. The minimum atomic E-state index is -0.318. The second kappa shape index (κ2) is 8.24. The minimum Gasteiger partial charge on any atom is -0.493 e. The third kappa shape index (κ3) is 3.69. The van der Waals surface area contributed by atoms with Gasteiger partial charge in [0.05, 0.1) is 21.3 Å². The van der Waals surface area contributed by atoms with E-state index in [1.807, 2.05) is 36.4 Å². The van der Waals surface area contributed by atoms with Gasteiger partial charge in [-0.05, 0) is 24.3 Å². The molecule has 7 nitrogen and oxygen atoms in total. The lowest BCUT2D eigenvalue weighted by Crippen LogP contribution is -2.20. The van der Waals surface area contributed by atoms with Gasteiger partial charge in [-0.3, -0.25) is 4.79 Å². The molecule has 7 heteroatoms. The van der Waals surface area contributed by atoms with E-state index in [9.17, 15) is 4.79 Å². The molecule has 1 aromatic heterocycles. The molecule has 1 heterocycles. The van der Waals surface area contributed by atoms with E-state index in [0.29, 0.717) is 28.7 Å². The topological polar surface area (TPSA) is 79.2 Å². The van der Waals surface area contributed by atoms with E-state index in [0.717, 1.165) is 21.9 Å². The smallest absolute Gasteiger partial charge is 0.262 e. The van der Waals surface area contributed by atoms with Crippen molar-refractivity contribution in [1.29, 1.82) is 0 Å². The Morgan fingerprint density at radius 2 is 1.57 bits per heavy atom. The summed E-state index contributed by atoms with van der Waals surface area (Å²) >= 11 is 0. The normalized spacial score (nSPS) is 10.8. The summed E-state index contributed by atoms with van der Waals surface area (Å²) in [6.45, 7) is -0.155. The van der Waals surface area contributed by atoms with E-state index < -0.39 is 0 Å². The highest BCUT2D eigenvalue weighted by Gasteiger charge is 2.15. The van der Waals surface area contributed by atoms with Gasteiger partial charge in [-0.1, -0.05) is 18.2 Å². The zero-order valence-corrected chi connectivity index (χ0v) is 16.9. The zero-order valence-electron chi connectivity index (χ0n) is 16.9. The van der Waals surface area contributed by atoms with Gasteiger partial charge in [0.25, 0.3) is 5.91 Å². The Bertz CT molecular complexity index is 1190. The van der Waals surface area contributed by atoms with Gasteiger partial charge in [-0.2, -0.15) is 0 Å². The number of carbonyl (C=O) groups is 1. The summed E-state index contributed by atoms with van der Waals surface area (Å²) in [6.07, 6.45) is 0. The zero-order chi connectivity index (χ0) is 21.1. The molecule has 4 rings (SSSR count). The van der Waals surface area contributed by atoms with Crippen LogP contribution in [0.4, 0.5) is 5.69 Å². The van der Waals surface area contributed by atoms with E-state index >= 15 is 0 Å². The average molecular weight is 407 g/mol. The van der Waals surface area contributed by atoms with Crippen LogP contribution in [-0.4, -0.2) is 33.8 Å². The van der Waals surface area contributed by atoms with Gasteiger partial charge in [-0.15, -0.1) is 0 Å². The van der Waals surface area contributed by atoms with E-state index in [1.54, 1.807) is 18.2 Å². The van der Waals surface area contributed by atoms with Crippen LogP contribution in [0.25, 0.3) is 21.9 Å². The Balaban J connectivity index is 1.48. The van der Waals surface area contributed by atoms with Crippen molar-refractivity contribution < 1.29 is 28.2 Å². The third-order valence-electron chi connectivity index (χ3n) is 4.67. The molecule has 1 N–H and O–H groups in total. The molecule has 0 unspecified atom stereocenters. The maximum Gasteiger partial charge on any atom is 0.262 e. The van der Waals surface area contributed by atoms with Gasteiger partial charge in [0.2, 0.25) is 5.75 Å². The van der Waals surface area contributed by atoms with Crippen LogP contribution in [0.3, 0.4) is 0 Å². The lowest BCUT2D eigenvalue weighted by molar-refractivity contribution is -0.118. The number of anilines is 1. The molecule has 0 saturated heterocycles. The van der Waals surface area contributed by atoms with E-state index in [-0.39, 0.29) is 12.5 Å². The van der Waals surface area contributed by atoms with E-state index in [4.69, 9.17) is 23.4 Å². The predicted molar refractivity (Wildman–Crippen MR) is 114 cm³/mol. The Morgan fingerprint density at radius 1 is 0.867 bits per heavy atom. The summed E-state index contributed by atoms with van der Waals surface area (Å²) < 4.78 is 27.4. The number of benzene rings is 3. The van der Waals surface area contributed by atoms with Crippen molar-refractivity contribution in [2.75, 3.05) is 33.3 Å². The first-order valence-corrected chi connectivity index (χ1v) is 9.27. The second-order valence-corrected chi connectivity index (χ2v) is 6.51. The van der Waals surface area contributed by atoms with Crippen molar-refractivity contribution in [2.45, 2.75) is 0 Å². The molecule has 0 aliphatic rings. The maximum absolute atomic E-state index is 12.4.